The van der Waals surface area contributed by atoms with E-state index in [1.165, 1.54) is 6.92 Å². The fourth-order valence-corrected chi connectivity index (χ4v) is 2.42. The van der Waals surface area contributed by atoms with Crippen molar-refractivity contribution in [2.24, 2.45) is 11.7 Å². The number of nitrogens with one attached hydrogen (secondary N) is 3. The van der Waals surface area contributed by atoms with E-state index in [4.69, 9.17) is 21.1 Å². The SMILES string of the molecule is CCC(C)C(NC(=O)C(CCC(=O)O)NC(=O)C(N)CC(=O)O)C(=O)NC(C)C(=O)O. The van der Waals surface area contributed by atoms with Crippen LogP contribution in [0.15, 0.2) is 0 Å². The molecule has 0 saturated carbocycles. The van der Waals surface area contributed by atoms with Crippen LogP contribution in [-0.4, -0.2) is 75.1 Å². The lowest BCUT2D eigenvalue weighted by Crippen LogP contribution is -2.58. The zero-order valence-corrected chi connectivity index (χ0v) is 17.6. The first-order valence-electron chi connectivity index (χ1n) is 9.63. The molecule has 0 aliphatic heterocycles. The van der Waals surface area contributed by atoms with Crippen LogP contribution in [0.3, 0.4) is 0 Å². The molecule has 8 N–H and O–H groups in total. The molecule has 5 unspecified atom stereocenters. The van der Waals surface area contributed by atoms with Gasteiger partial charge in [-0.2, -0.15) is 0 Å². The van der Waals surface area contributed by atoms with Crippen molar-refractivity contribution in [2.45, 2.75) is 70.6 Å². The Labute approximate surface area is 178 Å². The van der Waals surface area contributed by atoms with Crippen molar-refractivity contribution < 1.29 is 44.1 Å². The molecule has 13 nitrogen and oxygen atoms in total. The fourth-order valence-electron chi connectivity index (χ4n) is 2.42. The average molecular weight is 446 g/mol. The van der Waals surface area contributed by atoms with Crippen molar-refractivity contribution in [3.63, 3.8) is 0 Å². The molecule has 0 heterocycles. The average Bonchev–Trinajstić information content (AvgIpc) is 2.67. The molecule has 0 aromatic carbocycles. The zero-order valence-electron chi connectivity index (χ0n) is 17.6. The highest BCUT2D eigenvalue weighted by molar-refractivity contribution is 5.95. The van der Waals surface area contributed by atoms with Gasteiger partial charge in [0.2, 0.25) is 17.7 Å². The Kier molecular flexibility index (Phi) is 11.8. The lowest BCUT2D eigenvalue weighted by Gasteiger charge is -2.27. The molecule has 3 amide bonds. The van der Waals surface area contributed by atoms with Crippen LogP contribution in [0.4, 0.5) is 0 Å². The third-order valence-electron chi connectivity index (χ3n) is 4.53. The van der Waals surface area contributed by atoms with Crippen LogP contribution in [0.25, 0.3) is 0 Å². The van der Waals surface area contributed by atoms with E-state index in [1.54, 1.807) is 13.8 Å². The summed E-state index contributed by atoms with van der Waals surface area (Å²) in [6, 6.07) is -5.24. The predicted octanol–water partition coefficient (Wildman–Crippen LogP) is -1.74. The molecule has 176 valence electrons. The number of carboxylic acids is 3. The molecule has 0 aliphatic carbocycles. The molecule has 13 heteroatoms. The van der Waals surface area contributed by atoms with Crippen molar-refractivity contribution in [2.75, 3.05) is 0 Å². The third kappa shape index (κ3) is 10.4. The van der Waals surface area contributed by atoms with E-state index in [0.29, 0.717) is 6.42 Å². The van der Waals surface area contributed by atoms with Gasteiger partial charge in [-0.05, 0) is 19.3 Å². The normalized spacial score (nSPS) is 15.5. The summed E-state index contributed by atoms with van der Waals surface area (Å²) in [5, 5.41) is 33.4. The molecule has 0 spiro atoms. The van der Waals surface area contributed by atoms with Crippen LogP contribution in [0.2, 0.25) is 0 Å². The van der Waals surface area contributed by atoms with Crippen LogP contribution in [-0.2, 0) is 28.8 Å². The van der Waals surface area contributed by atoms with Crippen molar-refractivity contribution >= 4 is 35.6 Å². The number of nitrogens with two attached hydrogens (primary N) is 1. The van der Waals surface area contributed by atoms with E-state index in [1.807, 2.05) is 0 Å². The second-order valence-electron chi connectivity index (χ2n) is 7.14. The molecular formula is C18H30N4O9. The highest BCUT2D eigenvalue weighted by atomic mass is 16.4. The summed E-state index contributed by atoms with van der Waals surface area (Å²) in [4.78, 5) is 69.9. The quantitative estimate of drug-likeness (QED) is 0.159. The van der Waals surface area contributed by atoms with Gasteiger partial charge < -0.3 is 37.0 Å². The molecule has 0 radical (unpaired) electrons. The van der Waals surface area contributed by atoms with Crippen LogP contribution in [0.5, 0.6) is 0 Å². The second-order valence-corrected chi connectivity index (χ2v) is 7.14. The van der Waals surface area contributed by atoms with Gasteiger partial charge in [-0.3, -0.25) is 28.8 Å². The van der Waals surface area contributed by atoms with Gasteiger partial charge in [0.05, 0.1) is 12.5 Å². The second kappa shape index (κ2) is 13.2. The Balaban J connectivity index is 5.48. The van der Waals surface area contributed by atoms with E-state index in [2.05, 4.69) is 16.0 Å². The van der Waals surface area contributed by atoms with Crippen LogP contribution < -0.4 is 21.7 Å². The number of amides is 3. The first kappa shape index (κ1) is 27.8. The van der Waals surface area contributed by atoms with Crippen molar-refractivity contribution in [3.8, 4) is 0 Å². The molecule has 31 heavy (non-hydrogen) atoms. The number of hydrogen-bond donors (Lipinski definition) is 7. The number of aliphatic carboxylic acids is 3. The molecule has 0 aromatic heterocycles. The van der Waals surface area contributed by atoms with Crippen molar-refractivity contribution in [3.05, 3.63) is 0 Å². The molecule has 0 fully saturated rings. The van der Waals surface area contributed by atoms with E-state index >= 15 is 0 Å². The van der Waals surface area contributed by atoms with Gasteiger partial charge in [0.1, 0.15) is 18.1 Å². The van der Waals surface area contributed by atoms with E-state index < -0.39 is 78.6 Å². The first-order chi connectivity index (χ1) is 14.3. The van der Waals surface area contributed by atoms with Gasteiger partial charge in [-0.15, -0.1) is 0 Å². The summed E-state index contributed by atoms with van der Waals surface area (Å²) in [5.41, 5.74) is 5.46. The topological polar surface area (TPSA) is 225 Å². The third-order valence-corrected chi connectivity index (χ3v) is 4.53. The van der Waals surface area contributed by atoms with Crippen LogP contribution >= 0.6 is 0 Å². The Morgan fingerprint density at radius 1 is 0.839 bits per heavy atom. The van der Waals surface area contributed by atoms with Crippen LogP contribution in [0.1, 0.15) is 46.5 Å². The summed E-state index contributed by atoms with van der Waals surface area (Å²) >= 11 is 0. The van der Waals surface area contributed by atoms with Crippen LogP contribution in [0, 0.1) is 5.92 Å². The van der Waals surface area contributed by atoms with Crippen molar-refractivity contribution in [1.29, 1.82) is 0 Å². The lowest BCUT2D eigenvalue weighted by molar-refractivity contribution is -0.142. The van der Waals surface area contributed by atoms with Gasteiger partial charge in [0.15, 0.2) is 0 Å². The Hall–Kier alpha value is -3.22. The summed E-state index contributed by atoms with van der Waals surface area (Å²) in [5.74, 6) is -6.90. The first-order valence-corrected chi connectivity index (χ1v) is 9.63. The minimum Gasteiger partial charge on any atom is -0.481 e. The Morgan fingerprint density at radius 2 is 1.42 bits per heavy atom. The maximum absolute atomic E-state index is 12.7. The minimum absolute atomic E-state index is 0.340. The predicted molar refractivity (Wildman–Crippen MR) is 106 cm³/mol. The summed E-state index contributed by atoms with van der Waals surface area (Å²) in [6.45, 7) is 4.63. The maximum atomic E-state index is 12.7. The van der Waals surface area contributed by atoms with Gasteiger partial charge in [-0.25, -0.2) is 0 Å². The largest absolute Gasteiger partial charge is 0.481 e. The summed E-state index contributed by atoms with van der Waals surface area (Å²) < 4.78 is 0. The molecular weight excluding hydrogens is 416 g/mol. The number of carbonyl (C=O) groups excluding carboxylic acids is 3. The van der Waals surface area contributed by atoms with Gasteiger partial charge >= 0.3 is 17.9 Å². The molecule has 0 aliphatic rings. The van der Waals surface area contributed by atoms with E-state index in [0.717, 1.165) is 0 Å². The van der Waals surface area contributed by atoms with Gasteiger partial charge in [-0.1, -0.05) is 20.3 Å². The molecule has 0 rings (SSSR count). The summed E-state index contributed by atoms with van der Waals surface area (Å²) in [7, 11) is 0. The highest BCUT2D eigenvalue weighted by Gasteiger charge is 2.32. The smallest absolute Gasteiger partial charge is 0.325 e. The number of hydrogen-bond acceptors (Lipinski definition) is 7. The zero-order chi connectivity index (χ0) is 24.3. The van der Waals surface area contributed by atoms with E-state index in [9.17, 15) is 28.8 Å². The standard InChI is InChI=1S/C18H30N4O9/c1-4-8(2)14(17(29)20-9(3)18(30)31)22-16(28)11(5-6-12(23)24)21-15(27)10(19)7-13(25)26/h8-11,14H,4-7,19H2,1-3H3,(H,20,29)(H,21,27)(H,22,28)(H,23,24)(H,25,26)(H,30,31). The number of carboxylic acid groups (broad SMARTS) is 3. The Morgan fingerprint density at radius 3 is 1.87 bits per heavy atom. The summed E-state index contributed by atoms with van der Waals surface area (Å²) in [6.07, 6.45) is -1.10. The van der Waals surface area contributed by atoms with Gasteiger partial charge in [0, 0.05) is 6.42 Å². The van der Waals surface area contributed by atoms with Crippen molar-refractivity contribution in [1.82, 2.24) is 16.0 Å². The van der Waals surface area contributed by atoms with Gasteiger partial charge in [0.25, 0.3) is 0 Å². The fraction of sp³-hybridized carbons (Fsp3) is 0.667. The van der Waals surface area contributed by atoms with E-state index in [-0.39, 0.29) is 6.42 Å². The molecule has 0 aromatic rings. The highest BCUT2D eigenvalue weighted by Crippen LogP contribution is 2.10. The Bertz CT molecular complexity index is 698. The number of rotatable bonds is 14. The molecule has 0 bridgehead atoms. The molecule has 0 saturated heterocycles. The maximum Gasteiger partial charge on any atom is 0.325 e. The monoisotopic (exact) mass is 446 g/mol. The lowest BCUT2D eigenvalue weighted by atomic mass is 9.97. The minimum atomic E-state index is -1.47. The number of carbonyl (C=O) groups is 6. The molecule has 5 atom stereocenters.